The Morgan fingerprint density at radius 1 is 0.973 bits per heavy atom. The summed E-state index contributed by atoms with van der Waals surface area (Å²) in [5.74, 6) is 1.44. The van der Waals surface area contributed by atoms with Crippen molar-refractivity contribution in [1.82, 2.24) is 19.9 Å². The number of methoxy groups -OCH3 is 1. The van der Waals surface area contributed by atoms with Crippen molar-refractivity contribution in [3.8, 4) is 16.9 Å². The standard InChI is InChI=1S/C30H33N5O2/c1-37-27-10-6-5-9-24(27)25-19-28(36)35(23-11-12-23)29-26(25)20-32-30(33-29)34-17-14-22(15-18-34)31-16-13-21-7-3-2-4-8-21/h2-10,19-20,22-23,31H,11-18H2,1H3. The van der Waals surface area contributed by atoms with Crippen LogP contribution in [0.5, 0.6) is 5.75 Å². The van der Waals surface area contributed by atoms with Gasteiger partial charge in [0.15, 0.2) is 0 Å². The van der Waals surface area contributed by atoms with Crippen molar-refractivity contribution in [3.05, 3.63) is 82.8 Å². The molecule has 7 heteroatoms. The van der Waals surface area contributed by atoms with Crippen LogP contribution in [0, 0.1) is 0 Å². The Hall–Kier alpha value is -3.71. The van der Waals surface area contributed by atoms with E-state index in [1.165, 1.54) is 5.56 Å². The van der Waals surface area contributed by atoms with Gasteiger partial charge in [-0.3, -0.25) is 9.36 Å². The first-order chi connectivity index (χ1) is 18.2. The van der Waals surface area contributed by atoms with Crippen LogP contribution in [-0.4, -0.2) is 47.3 Å². The molecule has 7 nitrogen and oxygen atoms in total. The lowest BCUT2D eigenvalue weighted by Crippen LogP contribution is -2.43. The molecule has 0 radical (unpaired) electrons. The predicted molar refractivity (Wildman–Crippen MR) is 147 cm³/mol. The molecule has 0 atom stereocenters. The maximum atomic E-state index is 13.3. The number of pyridine rings is 1. The number of para-hydroxylation sites is 1. The highest BCUT2D eigenvalue weighted by Gasteiger charge is 2.29. The van der Waals surface area contributed by atoms with E-state index in [0.717, 1.165) is 79.6 Å². The Balaban J connectivity index is 1.23. The Labute approximate surface area is 217 Å². The first-order valence-corrected chi connectivity index (χ1v) is 13.3. The zero-order valence-electron chi connectivity index (χ0n) is 21.3. The maximum Gasteiger partial charge on any atom is 0.253 e. The summed E-state index contributed by atoms with van der Waals surface area (Å²) in [7, 11) is 1.65. The first-order valence-electron chi connectivity index (χ1n) is 13.3. The van der Waals surface area contributed by atoms with Gasteiger partial charge >= 0.3 is 0 Å². The van der Waals surface area contributed by atoms with Gasteiger partial charge in [0, 0.05) is 53.9 Å². The highest BCUT2D eigenvalue weighted by molar-refractivity contribution is 5.94. The monoisotopic (exact) mass is 495 g/mol. The Bertz CT molecular complexity index is 1440. The van der Waals surface area contributed by atoms with Gasteiger partial charge in [-0.1, -0.05) is 48.5 Å². The van der Waals surface area contributed by atoms with Gasteiger partial charge in [-0.2, -0.15) is 4.98 Å². The summed E-state index contributed by atoms with van der Waals surface area (Å²) in [6, 6.07) is 20.9. The third-order valence-electron chi connectivity index (χ3n) is 7.56. The number of nitrogens with one attached hydrogen (secondary N) is 1. The molecule has 0 bridgehead atoms. The van der Waals surface area contributed by atoms with E-state index in [9.17, 15) is 4.79 Å². The summed E-state index contributed by atoms with van der Waals surface area (Å²) in [6.45, 7) is 2.78. The van der Waals surface area contributed by atoms with Crippen LogP contribution in [0.4, 0.5) is 5.95 Å². The van der Waals surface area contributed by atoms with Gasteiger partial charge in [0.25, 0.3) is 5.56 Å². The fraction of sp³-hybridized carbons (Fsp3) is 0.367. The molecule has 1 saturated heterocycles. The number of anilines is 1. The molecule has 190 valence electrons. The largest absolute Gasteiger partial charge is 0.496 e. The number of ether oxygens (including phenoxy) is 1. The molecule has 2 fully saturated rings. The second kappa shape index (κ2) is 10.3. The number of hydrogen-bond acceptors (Lipinski definition) is 6. The van der Waals surface area contributed by atoms with E-state index in [4.69, 9.17) is 14.7 Å². The van der Waals surface area contributed by atoms with Crippen molar-refractivity contribution in [3.63, 3.8) is 0 Å². The van der Waals surface area contributed by atoms with Gasteiger partial charge in [-0.05, 0) is 50.3 Å². The number of fused-ring (bicyclic) bond motifs is 1. The zero-order chi connectivity index (χ0) is 25.2. The highest BCUT2D eigenvalue weighted by Crippen LogP contribution is 2.39. The third-order valence-corrected chi connectivity index (χ3v) is 7.56. The molecular weight excluding hydrogens is 462 g/mol. The van der Waals surface area contributed by atoms with Crippen molar-refractivity contribution in [2.24, 2.45) is 0 Å². The summed E-state index contributed by atoms with van der Waals surface area (Å²) in [4.78, 5) is 25.3. The first kappa shape index (κ1) is 23.7. The Morgan fingerprint density at radius 2 is 1.73 bits per heavy atom. The molecule has 2 aliphatic rings. The number of benzene rings is 2. The van der Waals surface area contributed by atoms with Crippen molar-refractivity contribution in [1.29, 1.82) is 0 Å². The second-order valence-corrected chi connectivity index (χ2v) is 10.1. The second-order valence-electron chi connectivity index (χ2n) is 10.1. The van der Waals surface area contributed by atoms with Crippen molar-refractivity contribution < 1.29 is 4.74 Å². The topological polar surface area (TPSA) is 72.3 Å². The fourth-order valence-electron chi connectivity index (χ4n) is 5.39. The minimum Gasteiger partial charge on any atom is -0.496 e. The van der Waals surface area contributed by atoms with Crippen LogP contribution in [-0.2, 0) is 6.42 Å². The molecule has 1 aliphatic carbocycles. The molecule has 3 heterocycles. The Morgan fingerprint density at radius 3 is 2.49 bits per heavy atom. The smallest absolute Gasteiger partial charge is 0.253 e. The van der Waals surface area contributed by atoms with Crippen molar-refractivity contribution >= 4 is 17.0 Å². The van der Waals surface area contributed by atoms with Crippen LogP contribution in [0.15, 0.2) is 71.7 Å². The van der Waals surface area contributed by atoms with Gasteiger partial charge in [-0.15, -0.1) is 0 Å². The van der Waals surface area contributed by atoms with E-state index < -0.39 is 0 Å². The highest BCUT2D eigenvalue weighted by atomic mass is 16.5. The molecule has 0 amide bonds. The van der Waals surface area contributed by atoms with Gasteiger partial charge in [0.05, 0.1) is 7.11 Å². The summed E-state index contributed by atoms with van der Waals surface area (Å²) >= 11 is 0. The van der Waals surface area contributed by atoms with Crippen LogP contribution in [0.1, 0.15) is 37.3 Å². The predicted octanol–water partition coefficient (Wildman–Crippen LogP) is 4.60. The van der Waals surface area contributed by atoms with Crippen LogP contribution < -0.4 is 20.5 Å². The molecule has 2 aromatic heterocycles. The quantitative estimate of drug-likeness (QED) is 0.385. The number of nitrogens with zero attached hydrogens (tertiary/aromatic N) is 4. The van der Waals surface area contributed by atoms with Crippen LogP contribution in [0.25, 0.3) is 22.2 Å². The van der Waals surface area contributed by atoms with E-state index in [1.54, 1.807) is 13.2 Å². The molecule has 6 rings (SSSR count). The van der Waals surface area contributed by atoms with E-state index >= 15 is 0 Å². The fourth-order valence-corrected chi connectivity index (χ4v) is 5.39. The van der Waals surface area contributed by atoms with Crippen LogP contribution in [0.3, 0.4) is 0 Å². The van der Waals surface area contributed by atoms with Crippen LogP contribution >= 0.6 is 0 Å². The summed E-state index contributed by atoms with van der Waals surface area (Å²) in [6.07, 6.45) is 7.06. The van der Waals surface area contributed by atoms with E-state index in [1.807, 2.05) is 35.0 Å². The lowest BCUT2D eigenvalue weighted by Gasteiger charge is -2.32. The van der Waals surface area contributed by atoms with Crippen molar-refractivity contribution in [2.75, 3.05) is 31.6 Å². The van der Waals surface area contributed by atoms with Gasteiger partial charge in [0.1, 0.15) is 11.4 Å². The minimum atomic E-state index is -0.0121. The summed E-state index contributed by atoms with van der Waals surface area (Å²) in [5, 5.41) is 4.61. The zero-order valence-corrected chi connectivity index (χ0v) is 21.3. The average molecular weight is 496 g/mol. The number of rotatable bonds is 8. The van der Waals surface area contributed by atoms with E-state index in [0.29, 0.717) is 12.0 Å². The summed E-state index contributed by atoms with van der Waals surface area (Å²) in [5.41, 5.74) is 3.79. The Kier molecular flexibility index (Phi) is 6.62. The number of hydrogen-bond donors (Lipinski definition) is 1. The van der Waals surface area contributed by atoms with Crippen molar-refractivity contribution in [2.45, 2.75) is 44.2 Å². The van der Waals surface area contributed by atoms with E-state index in [-0.39, 0.29) is 11.6 Å². The molecular formula is C30H33N5O2. The third kappa shape index (κ3) is 4.96. The lowest BCUT2D eigenvalue weighted by molar-refractivity contribution is 0.415. The summed E-state index contributed by atoms with van der Waals surface area (Å²) < 4.78 is 7.47. The van der Waals surface area contributed by atoms with Crippen LogP contribution in [0.2, 0.25) is 0 Å². The molecule has 1 aliphatic heterocycles. The molecule has 1 N–H and O–H groups in total. The minimum absolute atomic E-state index is 0.0121. The van der Waals surface area contributed by atoms with Gasteiger partial charge < -0.3 is 15.0 Å². The van der Waals surface area contributed by atoms with E-state index in [2.05, 4.69) is 40.5 Å². The molecule has 0 unspecified atom stereocenters. The number of piperidine rings is 1. The van der Waals surface area contributed by atoms with Gasteiger partial charge in [0.2, 0.25) is 5.95 Å². The molecule has 37 heavy (non-hydrogen) atoms. The SMILES string of the molecule is COc1ccccc1-c1cc(=O)n(C2CC2)c2nc(N3CCC(NCCc4ccccc4)CC3)ncc12. The van der Waals surface area contributed by atoms with Gasteiger partial charge in [-0.25, -0.2) is 4.98 Å². The maximum absolute atomic E-state index is 13.3. The molecule has 2 aromatic carbocycles. The molecule has 4 aromatic rings. The normalized spacial score (nSPS) is 16.3. The lowest BCUT2D eigenvalue weighted by atomic mass is 10.0. The average Bonchev–Trinajstić information content (AvgIpc) is 3.78. The molecule has 1 saturated carbocycles. The number of aromatic nitrogens is 3. The molecule has 0 spiro atoms.